The van der Waals surface area contributed by atoms with Crippen LogP contribution in [0.5, 0.6) is 0 Å². The topological polar surface area (TPSA) is 9.23 Å². The highest BCUT2D eigenvalue weighted by atomic mass is 16.5. The predicted octanol–water partition coefficient (Wildman–Crippen LogP) is 2.83. The Labute approximate surface area is 96.4 Å². The lowest BCUT2D eigenvalue weighted by molar-refractivity contribution is 0.0463. The SMILES string of the molecule is BC1OC(CC(C)(C)C)CC1C(C)(C)C. The second kappa shape index (κ2) is 4.12. The Morgan fingerprint density at radius 1 is 1.13 bits per heavy atom. The van der Waals surface area contributed by atoms with Crippen LogP contribution in [0.3, 0.4) is 0 Å². The highest BCUT2D eigenvalue weighted by Gasteiger charge is 2.39. The van der Waals surface area contributed by atoms with Crippen molar-refractivity contribution in [1.29, 1.82) is 0 Å². The molecule has 3 unspecified atom stereocenters. The van der Waals surface area contributed by atoms with Gasteiger partial charge in [-0.2, -0.15) is 0 Å². The van der Waals surface area contributed by atoms with Crippen LogP contribution in [-0.4, -0.2) is 20.0 Å². The van der Waals surface area contributed by atoms with Gasteiger partial charge >= 0.3 is 0 Å². The molecule has 3 atom stereocenters. The summed E-state index contributed by atoms with van der Waals surface area (Å²) < 4.78 is 6.08. The third-order valence-corrected chi connectivity index (χ3v) is 3.44. The van der Waals surface area contributed by atoms with E-state index in [4.69, 9.17) is 4.74 Å². The van der Waals surface area contributed by atoms with Crippen molar-refractivity contribution in [3.05, 3.63) is 0 Å². The van der Waals surface area contributed by atoms with E-state index in [2.05, 4.69) is 49.4 Å². The normalized spacial score (nSPS) is 33.3. The summed E-state index contributed by atoms with van der Waals surface area (Å²) in [5, 5.41) is 0. The van der Waals surface area contributed by atoms with Crippen molar-refractivity contribution >= 4 is 7.85 Å². The summed E-state index contributed by atoms with van der Waals surface area (Å²) in [6.07, 6.45) is 2.90. The van der Waals surface area contributed by atoms with Gasteiger partial charge in [0.1, 0.15) is 7.85 Å². The predicted molar refractivity (Wildman–Crippen MR) is 68.8 cm³/mol. The molecule has 1 nitrogen and oxygen atoms in total. The minimum atomic E-state index is 0.381. The number of ether oxygens (including phenoxy) is 1. The summed E-state index contributed by atoms with van der Waals surface area (Å²) in [6.45, 7) is 13.9. The highest BCUT2D eigenvalue weighted by Crippen LogP contribution is 2.41. The quantitative estimate of drug-likeness (QED) is 0.604. The first-order valence-corrected chi connectivity index (χ1v) is 6.25. The van der Waals surface area contributed by atoms with E-state index < -0.39 is 0 Å². The Morgan fingerprint density at radius 2 is 1.67 bits per heavy atom. The second-order valence-electron chi connectivity index (χ2n) is 7.44. The Kier molecular flexibility index (Phi) is 3.60. The Balaban J connectivity index is 2.57. The molecular weight excluding hydrogens is 183 g/mol. The highest BCUT2D eigenvalue weighted by molar-refractivity contribution is 6.11. The second-order valence-corrected chi connectivity index (χ2v) is 7.44. The van der Waals surface area contributed by atoms with Crippen LogP contribution in [0.4, 0.5) is 0 Å². The fourth-order valence-electron chi connectivity index (χ4n) is 2.80. The molecule has 1 heterocycles. The van der Waals surface area contributed by atoms with Crippen LogP contribution >= 0.6 is 0 Å². The molecule has 0 aromatic heterocycles. The maximum atomic E-state index is 6.08. The Morgan fingerprint density at radius 3 is 2.00 bits per heavy atom. The monoisotopic (exact) mass is 210 g/mol. The van der Waals surface area contributed by atoms with Crippen molar-refractivity contribution in [2.45, 2.75) is 66.5 Å². The first kappa shape index (κ1) is 13.1. The molecule has 15 heavy (non-hydrogen) atoms. The average Bonchev–Trinajstić information content (AvgIpc) is 2.25. The molecule has 0 aromatic rings. The smallest absolute Gasteiger partial charge is 0.139 e. The molecule has 0 amide bonds. The summed E-state index contributed by atoms with van der Waals surface area (Å²) in [5.41, 5.74) is 0.767. The largest absolute Gasteiger partial charge is 0.384 e. The Bertz CT molecular complexity index is 212. The molecule has 0 radical (unpaired) electrons. The van der Waals surface area contributed by atoms with E-state index in [0.717, 1.165) is 0 Å². The van der Waals surface area contributed by atoms with E-state index in [1.54, 1.807) is 0 Å². The zero-order chi connectivity index (χ0) is 11.9. The first-order valence-electron chi connectivity index (χ1n) is 6.25. The molecule has 1 aliphatic heterocycles. The van der Waals surface area contributed by atoms with Crippen molar-refractivity contribution in [2.24, 2.45) is 16.7 Å². The van der Waals surface area contributed by atoms with Crippen LogP contribution in [0.25, 0.3) is 0 Å². The molecule has 2 heteroatoms. The van der Waals surface area contributed by atoms with Crippen molar-refractivity contribution in [1.82, 2.24) is 0 Å². The minimum Gasteiger partial charge on any atom is -0.384 e. The van der Waals surface area contributed by atoms with E-state index in [0.29, 0.717) is 28.9 Å². The summed E-state index contributed by atoms with van der Waals surface area (Å²) in [6, 6.07) is 0.428. The van der Waals surface area contributed by atoms with Gasteiger partial charge < -0.3 is 4.74 Å². The third kappa shape index (κ3) is 3.83. The van der Waals surface area contributed by atoms with E-state index in [-0.39, 0.29) is 0 Å². The van der Waals surface area contributed by atoms with E-state index in [1.807, 2.05) is 0 Å². The molecule has 0 aliphatic carbocycles. The molecule has 1 rings (SSSR count). The molecule has 1 aliphatic rings. The zero-order valence-electron chi connectivity index (χ0n) is 11.6. The minimum absolute atomic E-state index is 0.381. The van der Waals surface area contributed by atoms with E-state index >= 15 is 0 Å². The van der Waals surface area contributed by atoms with Gasteiger partial charge in [0.2, 0.25) is 0 Å². The van der Waals surface area contributed by atoms with Gasteiger partial charge in [-0.3, -0.25) is 0 Å². The maximum absolute atomic E-state index is 6.08. The van der Waals surface area contributed by atoms with Gasteiger partial charge in [0, 0.05) is 6.00 Å². The van der Waals surface area contributed by atoms with Crippen LogP contribution in [0.15, 0.2) is 0 Å². The van der Waals surface area contributed by atoms with Gasteiger partial charge in [-0.05, 0) is 29.6 Å². The van der Waals surface area contributed by atoms with Crippen molar-refractivity contribution in [2.75, 3.05) is 0 Å². The molecule has 0 spiro atoms. The molecule has 0 aromatic carbocycles. The van der Waals surface area contributed by atoms with Gasteiger partial charge in [0.15, 0.2) is 0 Å². The standard InChI is InChI=1S/C13H27BO/c1-12(2,3)8-9-7-10(11(14)15-9)13(4,5)6/h9-11H,7-8,14H2,1-6H3. The van der Waals surface area contributed by atoms with Crippen molar-refractivity contribution < 1.29 is 4.74 Å². The van der Waals surface area contributed by atoms with Gasteiger partial charge in [0.25, 0.3) is 0 Å². The molecule has 88 valence electrons. The van der Waals surface area contributed by atoms with Crippen LogP contribution < -0.4 is 0 Å². The number of rotatable bonds is 1. The summed E-state index contributed by atoms with van der Waals surface area (Å²) in [4.78, 5) is 0. The molecule has 0 bridgehead atoms. The lowest BCUT2D eigenvalue weighted by atomic mass is 9.70. The molecule has 1 saturated heterocycles. The Hall–Kier alpha value is 0.0249. The van der Waals surface area contributed by atoms with Crippen molar-refractivity contribution in [3.8, 4) is 0 Å². The van der Waals surface area contributed by atoms with Crippen LogP contribution in [-0.2, 0) is 4.74 Å². The van der Waals surface area contributed by atoms with Crippen molar-refractivity contribution in [3.63, 3.8) is 0 Å². The molecule has 0 saturated carbocycles. The van der Waals surface area contributed by atoms with E-state index in [9.17, 15) is 0 Å². The first-order chi connectivity index (χ1) is 6.59. The molecule has 1 fully saturated rings. The van der Waals surface area contributed by atoms with Gasteiger partial charge in [0.05, 0.1) is 6.10 Å². The summed E-state index contributed by atoms with van der Waals surface area (Å²) in [5.74, 6) is 0.713. The summed E-state index contributed by atoms with van der Waals surface area (Å²) in [7, 11) is 2.23. The lowest BCUT2D eigenvalue weighted by Gasteiger charge is -2.29. The van der Waals surface area contributed by atoms with E-state index in [1.165, 1.54) is 12.8 Å². The maximum Gasteiger partial charge on any atom is 0.139 e. The molecule has 0 N–H and O–H groups in total. The zero-order valence-corrected chi connectivity index (χ0v) is 11.6. The van der Waals surface area contributed by atoms with Crippen LogP contribution in [0.2, 0.25) is 0 Å². The number of hydrogen-bond donors (Lipinski definition) is 0. The van der Waals surface area contributed by atoms with Crippen LogP contribution in [0, 0.1) is 16.7 Å². The van der Waals surface area contributed by atoms with Gasteiger partial charge in [-0.1, -0.05) is 41.5 Å². The summed E-state index contributed by atoms with van der Waals surface area (Å²) >= 11 is 0. The third-order valence-electron chi connectivity index (χ3n) is 3.44. The molecular formula is C13H27BO. The van der Waals surface area contributed by atoms with Crippen LogP contribution in [0.1, 0.15) is 54.4 Å². The fourth-order valence-corrected chi connectivity index (χ4v) is 2.80. The van der Waals surface area contributed by atoms with Gasteiger partial charge in [-0.25, -0.2) is 0 Å². The van der Waals surface area contributed by atoms with Gasteiger partial charge in [-0.15, -0.1) is 0 Å². The average molecular weight is 210 g/mol. The fraction of sp³-hybridized carbons (Fsp3) is 1.00. The lowest BCUT2D eigenvalue weighted by Crippen LogP contribution is -2.28. The number of hydrogen-bond acceptors (Lipinski definition) is 1.